The zero-order valence-electron chi connectivity index (χ0n) is 22.5. The van der Waals surface area contributed by atoms with Gasteiger partial charge < -0.3 is 0 Å². The van der Waals surface area contributed by atoms with Gasteiger partial charge in [-0.3, -0.25) is 15.0 Å². The van der Waals surface area contributed by atoms with Gasteiger partial charge in [0.05, 0.1) is 11.4 Å². The third-order valence-corrected chi connectivity index (χ3v) is 6.98. The lowest BCUT2D eigenvalue weighted by Crippen LogP contribution is -2.00. The lowest BCUT2D eigenvalue weighted by atomic mass is 10.0. The third kappa shape index (κ3) is 5.29. The molecule has 0 saturated carbocycles. The largest absolute Gasteiger partial charge is 0.264 e. The van der Waals surface area contributed by atoms with E-state index in [1.54, 1.807) is 18.6 Å². The molecule has 0 N–H and O–H groups in total. The summed E-state index contributed by atoms with van der Waals surface area (Å²) in [5.74, 6) is 1.82. The normalized spacial score (nSPS) is 10.9. The predicted octanol–water partition coefficient (Wildman–Crippen LogP) is 8.06. The van der Waals surface area contributed by atoms with Crippen LogP contribution in [0.3, 0.4) is 0 Å². The molecule has 0 spiro atoms. The second kappa shape index (κ2) is 11.3. The van der Waals surface area contributed by atoms with Crippen LogP contribution in [0.15, 0.2) is 146 Å². The monoisotopic (exact) mass is 540 g/mol. The number of hydrogen-bond acceptors (Lipinski definition) is 6. The smallest absolute Gasteiger partial charge is 0.164 e. The van der Waals surface area contributed by atoms with E-state index in [1.165, 1.54) is 0 Å². The standard InChI is InChI=1S/C36H24N6/c1-3-22-38-32(7-1)26-11-17-29(18-12-26)35-40-34(28-15-9-25(10-16-28)31-6-5-21-37-24-31)41-36(42-35)30-19-13-27(14-20-30)33-8-2-4-23-39-33/h1-24H. The van der Waals surface area contributed by atoms with Crippen LogP contribution in [0.2, 0.25) is 0 Å². The van der Waals surface area contributed by atoms with Gasteiger partial charge in [-0.25, -0.2) is 15.0 Å². The molecule has 0 aliphatic rings. The summed E-state index contributed by atoms with van der Waals surface area (Å²) in [6, 6.07) is 40.3. The van der Waals surface area contributed by atoms with Crippen LogP contribution in [-0.4, -0.2) is 29.9 Å². The fourth-order valence-corrected chi connectivity index (χ4v) is 4.76. The molecule has 0 aliphatic heterocycles. The first-order chi connectivity index (χ1) is 20.8. The minimum absolute atomic E-state index is 0.604. The maximum Gasteiger partial charge on any atom is 0.164 e. The number of pyridine rings is 3. The Hall–Kier alpha value is -5.88. The van der Waals surface area contributed by atoms with Crippen molar-refractivity contribution in [3.05, 3.63) is 146 Å². The van der Waals surface area contributed by atoms with E-state index >= 15 is 0 Å². The topological polar surface area (TPSA) is 77.3 Å². The molecule has 198 valence electrons. The quantitative estimate of drug-likeness (QED) is 0.212. The van der Waals surface area contributed by atoms with E-state index in [4.69, 9.17) is 15.0 Å². The number of hydrogen-bond donors (Lipinski definition) is 0. The molecule has 0 saturated heterocycles. The molecule has 7 rings (SSSR count). The number of rotatable bonds is 6. The maximum atomic E-state index is 4.91. The van der Waals surface area contributed by atoms with Gasteiger partial charge in [0.2, 0.25) is 0 Å². The second-order valence-electron chi connectivity index (χ2n) is 9.71. The van der Waals surface area contributed by atoms with Gasteiger partial charge >= 0.3 is 0 Å². The van der Waals surface area contributed by atoms with Gasteiger partial charge in [-0.1, -0.05) is 91.0 Å². The first kappa shape index (κ1) is 25.1. The van der Waals surface area contributed by atoms with E-state index in [9.17, 15) is 0 Å². The Kier molecular flexibility index (Phi) is 6.76. The number of aromatic nitrogens is 6. The average Bonchev–Trinajstić information content (AvgIpc) is 3.09. The Morgan fingerprint density at radius 2 is 0.738 bits per heavy atom. The molecule has 0 aliphatic carbocycles. The van der Waals surface area contributed by atoms with Crippen LogP contribution in [0.4, 0.5) is 0 Å². The van der Waals surface area contributed by atoms with Crippen molar-refractivity contribution < 1.29 is 0 Å². The highest BCUT2D eigenvalue weighted by atomic mass is 15.0. The summed E-state index contributed by atoms with van der Waals surface area (Å²) < 4.78 is 0. The third-order valence-electron chi connectivity index (χ3n) is 6.98. The number of benzene rings is 3. The van der Waals surface area contributed by atoms with Gasteiger partial charge in [-0.2, -0.15) is 0 Å². The fraction of sp³-hybridized carbons (Fsp3) is 0. The maximum absolute atomic E-state index is 4.91. The highest BCUT2D eigenvalue weighted by molar-refractivity contribution is 5.72. The van der Waals surface area contributed by atoms with Crippen LogP contribution in [-0.2, 0) is 0 Å². The van der Waals surface area contributed by atoms with E-state index in [2.05, 4.69) is 27.1 Å². The molecule has 6 heteroatoms. The molecule has 4 heterocycles. The minimum Gasteiger partial charge on any atom is -0.264 e. The van der Waals surface area contributed by atoms with E-state index in [0.717, 1.165) is 50.3 Å². The summed E-state index contributed by atoms with van der Waals surface area (Å²) in [4.78, 5) is 27.9. The number of nitrogens with zero attached hydrogens (tertiary/aromatic N) is 6. The molecule has 0 atom stereocenters. The summed E-state index contributed by atoms with van der Waals surface area (Å²) in [6.45, 7) is 0. The van der Waals surface area contributed by atoms with E-state index < -0.39 is 0 Å². The zero-order chi connectivity index (χ0) is 28.1. The minimum atomic E-state index is 0.604. The van der Waals surface area contributed by atoms with Crippen molar-refractivity contribution in [2.24, 2.45) is 0 Å². The molecule has 0 radical (unpaired) electrons. The Bertz CT molecular complexity index is 1680. The fourth-order valence-electron chi connectivity index (χ4n) is 4.76. The van der Waals surface area contributed by atoms with Gasteiger partial charge in [0.1, 0.15) is 0 Å². The van der Waals surface area contributed by atoms with Crippen LogP contribution < -0.4 is 0 Å². The van der Waals surface area contributed by atoms with E-state index in [0.29, 0.717) is 17.5 Å². The zero-order valence-corrected chi connectivity index (χ0v) is 22.5. The highest BCUT2D eigenvalue weighted by Crippen LogP contribution is 2.29. The van der Waals surface area contributed by atoms with Crippen LogP contribution in [0.5, 0.6) is 0 Å². The van der Waals surface area contributed by atoms with Crippen LogP contribution in [0.25, 0.3) is 67.8 Å². The molecule has 4 aromatic heterocycles. The second-order valence-corrected chi connectivity index (χ2v) is 9.71. The van der Waals surface area contributed by atoms with Gasteiger partial charge in [-0.15, -0.1) is 0 Å². The van der Waals surface area contributed by atoms with Crippen molar-refractivity contribution >= 4 is 0 Å². The molecule has 0 fully saturated rings. The van der Waals surface area contributed by atoms with Crippen molar-refractivity contribution in [2.75, 3.05) is 0 Å². The first-order valence-corrected chi connectivity index (χ1v) is 13.6. The molecule has 42 heavy (non-hydrogen) atoms. The van der Waals surface area contributed by atoms with Crippen LogP contribution in [0, 0.1) is 0 Å². The summed E-state index contributed by atoms with van der Waals surface area (Å²) in [6.07, 6.45) is 7.23. The summed E-state index contributed by atoms with van der Waals surface area (Å²) in [7, 11) is 0. The molecule has 0 bridgehead atoms. The Labute approximate surface area is 243 Å². The molecular formula is C36H24N6. The Morgan fingerprint density at radius 1 is 0.310 bits per heavy atom. The van der Waals surface area contributed by atoms with Crippen molar-refractivity contribution in [2.45, 2.75) is 0 Å². The van der Waals surface area contributed by atoms with Crippen molar-refractivity contribution in [3.63, 3.8) is 0 Å². The molecule has 0 unspecified atom stereocenters. The lowest BCUT2D eigenvalue weighted by molar-refractivity contribution is 1.07. The van der Waals surface area contributed by atoms with E-state index in [-0.39, 0.29) is 0 Å². The predicted molar refractivity (Wildman–Crippen MR) is 166 cm³/mol. The lowest BCUT2D eigenvalue weighted by Gasteiger charge is -2.10. The van der Waals surface area contributed by atoms with Crippen LogP contribution in [0.1, 0.15) is 0 Å². The van der Waals surface area contributed by atoms with Crippen molar-refractivity contribution in [1.82, 2.24) is 29.9 Å². The average molecular weight is 541 g/mol. The van der Waals surface area contributed by atoms with Gasteiger partial charge in [0.25, 0.3) is 0 Å². The molecule has 3 aromatic carbocycles. The van der Waals surface area contributed by atoms with Crippen LogP contribution >= 0.6 is 0 Å². The SMILES string of the molecule is c1ccc(-c2ccc(-c3nc(-c4ccc(-c5cccnc5)cc4)nc(-c4ccc(-c5ccccn5)cc4)n3)cc2)nc1. The van der Waals surface area contributed by atoms with E-state index in [1.807, 2.05) is 115 Å². The van der Waals surface area contributed by atoms with Crippen molar-refractivity contribution in [1.29, 1.82) is 0 Å². The summed E-state index contributed by atoms with van der Waals surface area (Å²) in [5, 5.41) is 0. The van der Waals surface area contributed by atoms with Crippen molar-refractivity contribution in [3.8, 4) is 67.8 Å². The summed E-state index contributed by atoms with van der Waals surface area (Å²) >= 11 is 0. The van der Waals surface area contributed by atoms with Gasteiger partial charge in [0, 0.05) is 52.6 Å². The molecule has 6 nitrogen and oxygen atoms in total. The first-order valence-electron chi connectivity index (χ1n) is 13.6. The molecular weight excluding hydrogens is 516 g/mol. The Morgan fingerprint density at radius 3 is 1.12 bits per heavy atom. The Balaban J connectivity index is 1.29. The molecule has 0 amide bonds. The van der Waals surface area contributed by atoms with Gasteiger partial charge in [-0.05, 0) is 41.5 Å². The highest BCUT2D eigenvalue weighted by Gasteiger charge is 2.13. The van der Waals surface area contributed by atoms with Gasteiger partial charge in [0.15, 0.2) is 17.5 Å². The molecule has 7 aromatic rings. The summed E-state index contributed by atoms with van der Waals surface area (Å²) in [5.41, 5.74) is 8.75.